The van der Waals surface area contributed by atoms with Crippen LogP contribution in [0.25, 0.3) is 0 Å². The molecule has 0 fully saturated rings. The number of amides is 1. The van der Waals surface area contributed by atoms with E-state index in [2.05, 4.69) is 48.6 Å². The van der Waals surface area contributed by atoms with Crippen LogP contribution in [0.3, 0.4) is 0 Å². The lowest BCUT2D eigenvalue weighted by atomic mass is 10.2. The molecule has 0 saturated heterocycles. The second-order valence-electron chi connectivity index (χ2n) is 5.45. The average molecular weight is 535 g/mol. The minimum Gasteiger partial charge on any atom is -0.459 e. The number of guanidine groups is 1. The summed E-state index contributed by atoms with van der Waals surface area (Å²) in [7, 11) is 1.99. The molecule has 26 heavy (non-hydrogen) atoms. The van der Waals surface area contributed by atoms with Crippen molar-refractivity contribution >= 4 is 51.8 Å². The second-order valence-corrected chi connectivity index (χ2v) is 6.37. The summed E-state index contributed by atoms with van der Waals surface area (Å²) in [6, 6.07) is 11.5. The zero-order valence-corrected chi connectivity index (χ0v) is 18.8. The van der Waals surface area contributed by atoms with Crippen LogP contribution in [-0.4, -0.2) is 43.4 Å². The van der Waals surface area contributed by atoms with Crippen molar-refractivity contribution in [3.8, 4) is 0 Å². The first-order chi connectivity index (χ1) is 12.1. The first kappa shape index (κ1) is 22.5. The summed E-state index contributed by atoms with van der Waals surface area (Å²) in [5.41, 5.74) is 1.20. The van der Waals surface area contributed by atoms with E-state index in [0.29, 0.717) is 18.8 Å². The van der Waals surface area contributed by atoms with Crippen LogP contribution in [0.2, 0.25) is 0 Å². The predicted molar refractivity (Wildman–Crippen MR) is 118 cm³/mol. The monoisotopic (exact) mass is 534 g/mol. The van der Waals surface area contributed by atoms with Gasteiger partial charge in [-0.25, -0.2) is 0 Å². The standard InChI is InChI=1S/C18H23BrN4O2.HI/c1-3-20-18(23(2)13-14-6-8-15(19)9-7-14)22-11-10-21-17(24)16-5-4-12-25-16;/h4-9,12H,3,10-11,13H2,1-2H3,(H,20,22)(H,21,24);1H. The third kappa shape index (κ3) is 7.36. The van der Waals surface area contributed by atoms with Crippen LogP contribution in [-0.2, 0) is 6.54 Å². The Hall–Kier alpha value is -1.55. The summed E-state index contributed by atoms with van der Waals surface area (Å²) in [6.07, 6.45) is 1.48. The Balaban J connectivity index is 0.00000338. The van der Waals surface area contributed by atoms with E-state index in [0.717, 1.165) is 23.5 Å². The zero-order chi connectivity index (χ0) is 18.1. The van der Waals surface area contributed by atoms with E-state index < -0.39 is 0 Å². The number of hydrogen-bond donors (Lipinski definition) is 2. The summed E-state index contributed by atoms with van der Waals surface area (Å²) in [5, 5.41) is 6.05. The number of carbonyl (C=O) groups is 1. The van der Waals surface area contributed by atoms with Crippen molar-refractivity contribution in [2.75, 3.05) is 26.7 Å². The number of furan rings is 1. The van der Waals surface area contributed by atoms with Gasteiger partial charge >= 0.3 is 0 Å². The molecule has 0 unspecified atom stereocenters. The number of rotatable bonds is 7. The van der Waals surface area contributed by atoms with Crippen LogP contribution in [0.1, 0.15) is 23.0 Å². The van der Waals surface area contributed by atoms with Crippen molar-refractivity contribution in [3.05, 3.63) is 58.5 Å². The molecule has 0 aliphatic rings. The highest BCUT2D eigenvalue weighted by Gasteiger charge is 2.08. The van der Waals surface area contributed by atoms with Crippen LogP contribution in [0.5, 0.6) is 0 Å². The van der Waals surface area contributed by atoms with Crippen LogP contribution in [0.15, 0.2) is 56.5 Å². The van der Waals surface area contributed by atoms with Gasteiger partial charge in [0.15, 0.2) is 11.7 Å². The number of hydrogen-bond acceptors (Lipinski definition) is 3. The molecule has 0 radical (unpaired) electrons. The van der Waals surface area contributed by atoms with Crippen molar-refractivity contribution in [2.45, 2.75) is 13.5 Å². The SMILES string of the molecule is CCNC(=NCCNC(=O)c1ccco1)N(C)Cc1ccc(Br)cc1.I. The summed E-state index contributed by atoms with van der Waals surface area (Å²) in [6.45, 7) is 4.49. The second kappa shape index (κ2) is 11.9. The minimum absolute atomic E-state index is 0. The van der Waals surface area contributed by atoms with E-state index in [4.69, 9.17) is 4.42 Å². The smallest absolute Gasteiger partial charge is 0.287 e. The van der Waals surface area contributed by atoms with Crippen molar-refractivity contribution in [1.29, 1.82) is 0 Å². The van der Waals surface area contributed by atoms with Gasteiger partial charge in [-0.15, -0.1) is 24.0 Å². The quantitative estimate of drug-likeness (QED) is 0.247. The van der Waals surface area contributed by atoms with E-state index in [1.54, 1.807) is 12.1 Å². The first-order valence-electron chi connectivity index (χ1n) is 8.15. The van der Waals surface area contributed by atoms with E-state index in [-0.39, 0.29) is 29.9 Å². The molecule has 0 spiro atoms. The Morgan fingerprint density at radius 2 is 1.96 bits per heavy atom. The molecule has 0 aliphatic carbocycles. The highest BCUT2D eigenvalue weighted by atomic mass is 127. The van der Waals surface area contributed by atoms with E-state index >= 15 is 0 Å². The number of carbonyl (C=O) groups excluding carboxylic acids is 1. The Morgan fingerprint density at radius 3 is 2.58 bits per heavy atom. The molecule has 2 rings (SSSR count). The van der Waals surface area contributed by atoms with Crippen molar-refractivity contribution in [3.63, 3.8) is 0 Å². The molecule has 0 aliphatic heterocycles. The van der Waals surface area contributed by atoms with Gasteiger partial charge in [0.25, 0.3) is 5.91 Å². The third-order valence-electron chi connectivity index (χ3n) is 3.43. The van der Waals surface area contributed by atoms with E-state index in [1.165, 1.54) is 11.8 Å². The van der Waals surface area contributed by atoms with Crippen molar-refractivity contribution < 1.29 is 9.21 Å². The van der Waals surface area contributed by atoms with E-state index in [1.807, 2.05) is 26.1 Å². The average Bonchev–Trinajstić information content (AvgIpc) is 3.14. The molecule has 2 aromatic rings. The van der Waals surface area contributed by atoms with Gasteiger partial charge in [-0.3, -0.25) is 9.79 Å². The summed E-state index contributed by atoms with van der Waals surface area (Å²) in [5.74, 6) is 0.884. The van der Waals surface area contributed by atoms with Gasteiger partial charge in [0.2, 0.25) is 0 Å². The number of aliphatic imine (C=N–C) groups is 1. The molecular weight excluding hydrogens is 511 g/mol. The lowest BCUT2D eigenvalue weighted by Crippen LogP contribution is -2.39. The van der Waals surface area contributed by atoms with Gasteiger partial charge < -0.3 is 20.0 Å². The number of nitrogens with one attached hydrogen (secondary N) is 2. The first-order valence-corrected chi connectivity index (χ1v) is 8.95. The Kier molecular flexibility index (Phi) is 10.3. The van der Waals surface area contributed by atoms with Crippen LogP contribution in [0, 0.1) is 0 Å². The maximum absolute atomic E-state index is 11.8. The molecule has 0 atom stereocenters. The normalized spacial score (nSPS) is 10.8. The Labute approximate surface area is 179 Å². The Bertz CT molecular complexity index is 690. The number of nitrogens with zero attached hydrogens (tertiary/aromatic N) is 2. The molecule has 0 saturated carbocycles. The van der Waals surface area contributed by atoms with Crippen molar-refractivity contribution in [2.24, 2.45) is 4.99 Å². The Morgan fingerprint density at radius 1 is 1.23 bits per heavy atom. The van der Waals surface area contributed by atoms with E-state index in [9.17, 15) is 4.79 Å². The molecule has 8 heteroatoms. The third-order valence-corrected chi connectivity index (χ3v) is 3.96. The molecule has 1 aromatic heterocycles. The van der Waals surface area contributed by atoms with Gasteiger partial charge in [0, 0.05) is 31.2 Å². The summed E-state index contributed by atoms with van der Waals surface area (Å²) in [4.78, 5) is 18.4. The molecule has 1 amide bonds. The fourth-order valence-corrected chi connectivity index (χ4v) is 2.50. The number of halogens is 2. The maximum atomic E-state index is 11.8. The molecule has 6 nitrogen and oxygen atoms in total. The maximum Gasteiger partial charge on any atom is 0.287 e. The zero-order valence-electron chi connectivity index (χ0n) is 14.9. The molecule has 1 aromatic carbocycles. The lowest BCUT2D eigenvalue weighted by Gasteiger charge is -2.22. The molecule has 2 N–H and O–H groups in total. The largest absolute Gasteiger partial charge is 0.459 e. The highest BCUT2D eigenvalue weighted by molar-refractivity contribution is 14.0. The number of benzene rings is 1. The van der Waals surface area contributed by atoms with Gasteiger partial charge in [-0.2, -0.15) is 0 Å². The minimum atomic E-state index is -0.228. The topological polar surface area (TPSA) is 69.9 Å². The van der Waals surface area contributed by atoms with Gasteiger partial charge in [-0.1, -0.05) is 28.1 Å². The molecule has 142 valence electrons. The van der Waals surface area contributed by atoms with Crippen LogP contribution < -0.4 is 10.6 Å². The molecular formula is C18H24BrIN4O2. The molecule has 0 bridgehead atoms. The fourth-order valence-electron chi connectivity index (χ4n) is 2.23. The lowest BCUT2D eigenvalue weighted by molar-refractivity contribution is 0.0927. The van der Waals surface area contributed by atoms with Gasteiger partial charge in [0.05, 0.1) is 12.8 Å². The summed E-state index contributed by atoms with van der Waals surface area (Å²) >= 11 is 3.44. The van der Waals surface area contributed by atoms with Crippen LogP contribution >= 0.6 is 39.9 Å². The van der Waals surface area contributed by atoms with Gasteiger partial charge in [-0.05, 0) is 36.8 Å². The predicted octanol–water partition coefficient (Wildman–Crippen LogP) is 3.49. The fraction of sp³-hybridized carbons (Fsp3) is 0.333. The van der Waals surface area contributed by atoms with Gasteiger partial charge in [0.1, 0.15) is 0 Å². The van der Waals surface area contributed by atoms with Crippen LogP contribution in [0.4, 0.5) is 0 Å². The summed E-state index contributed by atoms with van der Waals surface area (Å²) < 4.78 is 6.12. The molecule has 1 heterocycles. The van der Waals surface area contributed by atoms with Crippen molar-refractivity contribution in [1.82, 2.24) is 15.5 Å². The highest BCUT2D eigenvalue weighted by Crippen LogP contribution is 2.11.